The van der Waals surface area contributed by atoms with Gasteiger partial charge in [0.2, 0.25) is 0 Å². The molecular weight excluding hydrogens is 344 g/mol. The maximum atomic E-state index is 12.5. The van der Waals surface area contributed by atoms with Crippen LogP contribution >= 0.6 is 0 Å². The molecular formula is C21H32N2O4. The lowest BCUT2D eigenvalue weighted by molar-refractivity contribution is -0.139. The number of benzene rings is 1. The van der Waals surface area contributed by atoms with E-state index in [9.17, 15) is 9.59 Å². The summed E-state index contributed by atoms with van der Waals surface area (Å²) in [6, 6.07) is 7.38. The van der Waals surface area contributed by atoms with Gasteiger partial charge in [-0.05, 0) is 63.8 Å². The first-order chi connectivity index (χ1) is 13.0. The van der Waals surface area contributed by atoms with Crippen LogP contribution in [0.25, 0.3) is 0 Å². The Morgan fingerprint density at radius 2 is 1.81 bits per heavy atom. The van der Waals surface area contributed by atoms with Gasteiger partial charge in [0.15, 0.2) is 6.61 Å². The predicted octanol–water partition coefficient (Wildman–Crippen LogP) is 3.01. The molecule has 0 bridgehead atoms. The topological polar surface area (TPSA) is 67.9 Å². The summed E-state index contributed by atoms with van der Waals surface area (Å²) < 4.78 is 10.7. The number of nitrogens with one attached hydrogen (secondary N) is 1. The zero-order valence-electron chi connectivity index (χ0n) is 16.9. The average Bonchev–Trinajstić information content (AvgIpc) is 2.66. The van der Waals surface area contributed by atoms with Crippen molar-refractivity contribution in [2.75, 3.05) is 20.3 Å². The number of piperidine rings is 1. The van der Waals surface area contributed by atoms with Crippen LogP contribution in [0.15, 0.2) is 24.3 Å². The Morgan fingerprint density at radius 1 is 1.19 bits per heavy atom. The molecule has 0 aromatic heterocycles. The number of carbonyl (C=O) groups excluding carboxylic acids is 2. The first kappa shape index (κ1) is 21.2. The Balaban J connectivity index is 1.88. The third-order valence-electron chi connectivity index (χ3n) is 5.16. The van der Waals surface area contributed by atoms with E-state index in [0.717, 1.165) is 19.3 Å². The van der Waals surface area contributed by atoms with Gasteiger partial charge in [0.1, 0.15) is 5.75 Å². The van der Waals surface area contributed by atoms with E-state index < -0.39 is 0 Å². The molecule has 6 nitrogen and oxygen atoms in total. The van der Waals surface area contributed by atoms with Crippen LogP contribution in [0.2, 0.25) is 0 Å². The van der Waals surface area contributed by atoms with Crippen molar-refractivity contribution in [3.8, 4) is 5.75 Å². The summed E-state index contributed by atoms with van der Waals surface area (Å²) in [7, 11) is 1.62. The zero-order valence-corrected chi connectivity index (χ0v) is 16.9. The van der Waals surface area contributed by atoms with Gasteiger partial charge < -0.3 is 19.7 Å². The van der Waals surface area contributed by atoms with Crippen molar-refractivity contribution in [3.63, 3.8) is 0 Å². The van der Waals surface area contributed by atoms with Gasteiger partial charge in [-0.1, -0.05) is 6.92 Å². The molecule has 0 radical (unpaired) electrons. The predicted molar refractivity (Wildman–Crippen MR) is 105 cm³/mol. The molecule has 1 aromatic carbocycles. The lowest BCUT2D eigenvalue weighted by Crippen LogP contribution is -2.49. The van der Waals surface area contributed by atoms with Gasteiger partial charge in [0, 0.05) is 24.8 Å². The van der Waals surface area contributed by atoms with Crippen molar-refractivity contribution in [1.82, 2.24) is 10.2 Å². The maximum Gasteiger partial charge on any atom is 0.260 e. The van der Waals surface area contributed by atoms with Crippen LogP contribution in [0, 0.1) is 0 Å². The fraction of sp³-hybridized carbons (Fsp3) is 0.619. The summed E-state index contributed by atoms with van der Waals surface area (Å²) in [5, 5.41) is 2.94. The minimum absolute atomic E-state index is 0.00966. The minimum atomic E-state index is -0.141. The number of hydrogen-bond acceptors (Lipinski definition) is 4. The third kappa shape index (κ3) is 5.96. The maximum absolute atomic E-state index is 12.5. The Bertz CT molecular complexity index is 607. The summed E-state index contributed by atoms with van der Waals surface area (Å²) in [6.07, 6.45) is 4.05. The standard InChI is InChI=1S/C21H32N2O4/c1-5-18(13-26-4)22-21(25)17-9-11-19(12-10-17)27-14-20(24)23-15(2)7-6-8-16(23)3/h9-12,15-16,18H,5-8,13-14H2,1-4H3,(H,22,25). The van der Waals surface area contributed by atoms with Gasteiger partial charge in [-0.3, -0.25) is 9.59 Å². The molecule has 1 N–H and O–H groups in total. The van der Waals surface area contributed by atoms with E-state index in [1.165, 1.54) is 6.42 Å². The summed E-state index contributed by atoms with van der Waals surface area (Å²) >= 11 is 0. The van der Waals surface area contributed by atoms with Crippen molar-refractivity contribution < 1.29 is 19.1 Å². The van der Waals surface area contributed by atoms with Crippen molar-refractivity contribution in [2.24, 2.45) is 0 Å². The quantitative estimate of drug-likeness (QED) is 0.757. The van der Waals surface area contributed by atoms with Crippen LogP contribution in [0.5, 0.6) is 5.75 Å². The summed E-state index contributed by atoms with van der Waals surface area (Å²) in [5.74, 6) is 0.459. The van der Waals surface area contributed by atoms with E-state index in [1.54, 1.807) is 31.4 Å². The highest BCUT2D eigenvalue weighted by atomic mass is 16.5. The number of hydrogen-bond donors (Lipinski definition) is 1. The molecule has 150 valence electrons. The fourth-order valence-electron chi connectivity index (χ4n) is 3.57. The Hall–Kier alpha value is -2.08. The van der Waals surface area contributed by atoms with Crippen molar-refractivity contribution >= 4 is 11.8 Å². The number of carbonyl (C=O) groups is 2. The molecule has 27 heavy (non-hydrogen) atoms. The second-order valence-corrected chi connectivity index (χ2v) is 7.28. The van der Waals surface area contributed by atoms with Crippen LogP contribution in [0.1, 0.15) is 56.8 Å². The zero-order chi connectivity index (χ0) is 19.8. The molecule has 0 spiro atoms. The number of methoxy groups -OCH3 is 1. The second-order valence-electron chi connectivity index (χ2n) is 7.28. The summed E-state index contributed by atoms with van der Waals surface area (Å²) in [6.45, 7) is 6.69. The first-order valence-corrected chi connectivity index (χ1v) is 9.80. The minimum Gasteiger partial charge on any atom is -0.484 e. The van der Waals surface area contributed by atoms with Crippen LogP contribution in [0.3, 0.4) is 0 Å². The average molecular weight is 376 g/mol. The second kappa shape index (κ2) is 10.3. The monoisotopic (exact) mass is 376 g/mol. The van der Waals surface area contributed by atoms with Gasteiger partial charge in [-0.25, -0.2) is 0 Å². The van der Waals surface area contributed by atoms with Crippen LogP contribution in [0.4, 0.5) is 0 Å². The number of amides is 2. The number of ether oxygens (including phenoxy) is 2. The Labute approximate surface area is 162 Å². The van der Waals surface area contributed by atoms with E-state index in [1.807, 2.05) is 11.8 Å². The van der Waals surface area contributed by atoms with E-state index in [4.69, 9.17) is 9.47 Å². The fourth-order valence-corrected chi connectivity index (χ4v) is 3.57. The van der Waals surface area contributed by atoms with E-state index in [2.05, 4.69) is 19.2 Å². The van der Waals surface area contributed by atoms with E-state index in [0.29, 0.717) is 17.9 Å². The molecule has 0 saturated carbocycles. The highest BCUT2D eigenvalue weighted by molar-refractivity contribution is 5.94. The molecule has 3 unspecified atom stereocenters. The Morgan fingerprint density at radius 3 is 2.37 bits per heavy atom. The number of nitrogens with zero attached hydrogens (tertiary/aromatic N) is 1. The van der Waals surface area contributed by atoms with Gasteiger partial charge in [-0.2, -0.15) is 0 Å². The smallest absolute Gasteiger partial charge is 0.260 e. The number of rotatable bonds is 8. The SMILES string of the molecule is CCC(COC)NC(=O)c1ccc(OCC(=O)N2C(C)CCCC2C)cc1. The van der Waals surface area contributed by atoms with Gasteiger partial charge >= 0.3 is 0 Å². The molecule has 1 aliphatic rings. The molecule has 1 aromatic rings. The lowest BCUT2D eigenvalue weighted by atomic mass is 9.97. The van der Waals surface area contributed by atoms with Crippen LogP contribution in [-0.4, -0.2) is 55.2 Å². The van der Waals surface area contributed by atoms with Crippen molar-refractivity contribution in [3.05, 3.63) is 29.8 Å². The van der Waals surface area contributed by atoms with Crippen molar-refractivity contribution in [1.29, 1.82) is 0 Å². The molecule has 0 aliphatic carbocycles. The Kier molecular flexibility index (Phi) is 8.10. The molecule has 1 saturated heterocycles. The molecule has 1 fully saturated rings. The van der Waals surface area contributed by atoms with E-state index >= 15 is 0 Å². The molecule has 1 heterocycles. The molecule has 2 rings (SSSR count). The van der Waals surface area contributed by atoms with Crippen molar-refractivity contribution in [2.45, 2.75) is 64.6 Å². The van der Waals surface area contributed by atoms with Gasteiger partial charge in [0.25, 0.3) is 11.8 Å². The number of likely N-dealkylation sites (tertiary alicyclic amines) is 1. The molecule has 1 aliphatic heterocycles. The van der Waals surface area contributed by atoms with E-state index in [-0.39, 0.29) is 36.5 Å². The third-order valence-corrected chi connectivity index (χ3v) is 5.16. The molecule has 6 heteroatoms. The van der Waals surface area contributed by atoms with Crippen LogP contribution < -0.4 is 10.1 Å². The van der Waals surface area contributed by atoms with Crippen LogP contribution in [-0.2, 0) is 9.53 Å². The highest BCUT2D eigenvalue weighted by Crippen LogP contribution is 2.23. The lowest BCUT2D eigenvalue weighted by Gasteiger charge is -2.38. The summed E-state index contributed by atoms with van der Waals surface area (Å²) in [4.78, 5) is 26.7. The molecule has 2 amide bonds. The highest BCUT2D eigenvalue weighted by Gasteiger charge is 2.28. The normalized spacial score (nSPS) is 20.8. The van der Waals surface area contributed by atoms with Gasteiger partial charge in [0.05, 0.1) is 12.6 Å². The largest absolute Gasteiger partial charge is 0.484 e. The van der Waals surface area contributed by atoms with Gasteiger partial charge in [-0.15, -0.1) is 0 Å². The molecule has 3 atom stereocenters. The summed E-state index contributed by atoms with van der Waals surface area (Å²) in [5.41, 5.74) is 0.557. The first-order valence-electron chi connectivity index (χ1n) is 9.80.